The van der Waals surface area contributed by atoms with Crippen molar-refractivity contribution in [1.82, 2.24) is 5.32 Å². The number of rotatable bonds is 7. The highest BCUT2D eigenvalue weighted by Crippen LogP contribution is 2.25. The van der Waals surface area contributed by atoms with E-state index in [1.807, 2.05) is 19.1 Å². The maximum absolute atomic E-state index is 12.5. The van der Waals surface area contributed by atoms with Crippen LogP contribution in [0.1, 0.15) is 31.7 Å². The minimum absolute atomic E-state index is 0.129. The van der Waals surface area contributed by atoms with Crippen molar-refractivity contribution in [3.05, 3.63) is 59.1 Å². The van der Waals surface area contributed by atoms with Crippen LogP contribution < -0.4 is 15.0 Å². The van der Waals surface area contributed by atoms with Crippen molar-refractivity contribution >= 4 is 23.2 Å². The zero-order valence-electron chi connectivity index (χ0n) is 15.1. The summed E-state index contributed by atoms with van der Waals surface area (Å²) in [6.07, 6.45) is 2.55. The van der Waals surface area contributed by atoms with Gasteiger partial charge in [0.15, 0.2) is 6.10 Å². The summed E-state index contributed by atoms with van der Waals surface area (Å²) in [6, 6.07) is 15.6. The smallest absolute Gasteiger partial charge is 0.261 e. The van der Waals surface area contributed by atoms with Gasteiger partial charge >= 0.3 is 0 Å². The Morgan fingerprint density at radius 1 is 1.15 bits per heavy atom. The van der Waals surface area contributed by atoms with E-state index in [4.69, 9.17) is 16.3 Å². The molecule has 26 heavy (non-hydrogen) atoms. The first-order valence-electron chi connectivity index (χ1n) is 9.20. The molecule has 1 fully saturated rings. The number of para-hydroxylation sites is 1. The molecule has 1 aliphatic heterocycles. The number of hydrogen-bond acceptors (Lipinski definition) is 3. The zero-order chi connectivity index (χ0) is 18.4. The molecule has 0 unspecified atom stereocenters. The van der Waals surface area contributed by atoms with E-state index in [0.717, 1.165) is 18.7 Å². The van der Waals surface area contributed by atoms with Crippen LogP contribution in [0.3, 0.4) is 0 Å². The number of halogens is 1. The first kappa shape index (κ1) is 18.6. The lowest BCUT2D eigenvalue weighted by atomic mass is 10.2. The van der Waals surface area contributed by atoms with Gasteiger partial charge in [0.25, 0.3) is 5.91 Å². The minimum Gasteiger partial charge on any atom is -0.479 e. The predicted octanol–water partition coefficient (Wildman–Crippen LogP) is 4.41. The second-order valence-corrected chi connectivity index (χ2v) is 6.93. The monoisotopic (exact) mass is 372 g/mol. The van der Waals surface area contributed by atoms with Gasteiger partial charge in [-0.2, -0.15) is 0 Å². The Hall–Kier alpha value is -2.20. The van der Waals surface area contributed by atoms with E-state index in [-0.39, 0.29) is 5.91 Å². The van der Waals surface area contributed by atoms with Crippen LogP contribution in [0.4, 0.5) is 5.69 Å². The minimum atomic E-state index is -0.557. The molecule has 1 N–H and O–H groups in total. The van der Waals surface area contributed by atoms with Crippen LogP contribution in [0.25, 0.3) is 0 Å². The third-order valence-electron chi connectivity index (χ3n) is 4.64. The molecule has 0 radical (unpaired) electrons. The third kappa shape index (κ3) is 4.70. The Morgan fingerprint density at radius 3 is 2.50 bits per heavy atom. The van der Waals surface area contributed by atoms with E-state index in [0.29, 0.717) is 23.7 Å². The Morgan fingerprint density at radius 2 is 1.85 bits per heavy atom. The lowest BCUT2D eigenvalue weighted by molar-refractivity contribution is -0.128. The highest BCUT2D eigenvalue weighted by molar-refractivity contribution is 6.32. The van der Waals surface area contributed by atoms with Crippen LogP contribution >= 0.6 is 11.6 Å². The lowest BCUT2D eigenvalue weighted by Crippen LogP contribution is -2.37. The van der Waals surface area contributed by atoms with Gasteiger partial charge in [-0.1, -0.05) is 42.8 Å². The van der Waals surface area contributed by atoms with Crippen LogP contribution in [-0.4, -0.2) is 25.1 Å². The topological polar surface area (TPSA) is 41.6 Å². The van der Waals surface area contributed by atoms with E-state index >= 15 is 0 Å². The number of benzene rings is 2. The number of amides is 1. The summed E-state index contributed by atoms with van der Waals surface area (Å²) in [5.74, 6) is 0.405. The average Bonchev–Trinajstić information content (AvgIpc) is 3.20. The molecule has 2 aromatic rings. The molecular formula is C21H25ClN2O2. The van der Waals surface area contributed by atoms with E-state index in [9.17, 15) is 4.79 Å². The standard InChI is InChI=1S/C21H25ClN2O2/c1-2-19(26-20-8-4-3-7-18(20)22)21(25)23-15-16-9-11-17(12-10-16)24-13-5-6-14-24/h3-4,7-12,19H,2,5-6,13-15H2,1H3,(H,23,25)/t19-/m0/s1. The van der Waals surface area contributed by atoms with Crippen molar-refractivity contribution < 1.29 is 9.53 Å². The number of carbonyl (C=O) groups excluding carboxylic acids is 1. The number of nitrogens with zero attached hydrogens (tertiary/aromatic N) is 1. The van der Waals surface area contributed by atoms with Crippen LogP contribution in [0.5, 0.6) is 5.75 Å². The Labute approximate surface area is 160 Å². The van der Waals surface area contributed by atoms with Crippen molar-refractivity contribution in [2.75, 3.05) is 18.0 Å². The quantitative estimate of drug-likeness (QED) is 0.782. The van der Waals surface area contributed by atoms with Crippen molar-refractivity contribution in [2.45, 2.75) is 38.8 Å². The van der Waals surface area contributed by atoms with Gasteiger partial charge in [-0.25, -0.2) is 0 Å². The van der Waals surface area contributed by atoms with Crippen molar-refractivity contribution in [1.29, 1.82) is 0 Å². The van der Waals surface area contributed by atoms with Gasteiger partial charge in [0.1, 0.15) is 5.75 Å². The van der Waals surface area contributed by atoms with E-state index < -0.39 is 6.10 Å². The molecule has 3 rings (SSSR count). The summed E-state index contributed by atoms with van der Waals surface area (Å²) in [7, 11) is 0. The van der Waals surface area contributed by atoms with E-state index in [1.165, 1.54) is 18.5 Å². The largest absolute Gasteiger partial charge is 0.479 e. The maximum atomic E-state index is 12.5. The molecule has 4 nitrogen and oxygen atoms in total. The molecule has 0 spiro atoms. The zero-order valence-corrected chi connectivity index (χ0v) is 15.8. The first-order valence-corrected chi connectivity index (χ1v) is 9.58. The molecule has 0 aromatic heterocycles. The SMILES string of the molecule is CC[C@H](Oc1ccccc1Cl)C(=O)NCc1ccc(N2CCCC2)cc1. The predicted molar refractivity (Wildman–Crippen MR) is 106 cm³/mol. The summed E-state index contributed by atoms with van der Waals surface area (Å²) in [5, 5.41) is 3.47. The number of anilines is 1. The molecule has 1 atom stereocenters. The highest BCUT2D eigenvalue weighted by Gasteiger charge is 2.19. The van der Waals surface area contributed by atoms with Crippen molar-refractivity contribution in [3.63, 3.8) is 0 Å². The number of ether oxygens (including phenoxy) is 1. The molecule has 0 saturated carbocycles. The van der Waals surface area contributed by atoms with E-state index in [2.05, 4.69) is 34.5 Å². The van der Waals surface area contributed by atoms with Gasteiger partial charge in [-0.3, -0.25) is 4.79 Å². The fourth-order valence-corrected chi connectivity index (χ4v) is 3.30. The van der Waals surface area contributed by atoms with Gasteiger partial charge in [0, 0.05) is 25.3 Å². The number of hydrogen-bond donors (Lipinski definition) is 1. The Kier molecular flexibility index (Phi) is 6.40. The molecule has 1 aliphatic rings. The molecule has 1 saturated heterocycles. The molecule has 0 aliphatic carbocycles. The second kappa shape index (κ2) is 8.95. The van der Waals surface area contributed by atoms with Crippen LogP contribution in [0.15, 0.2) is 48.5 Å². The summed E-state index contributed by atoms with van der Waals surface area (Å²) < 4.78 is 5.78. The second-order valence-electron chi connectivity index (χ2n) is 6.52. The Balaban J connectivity index is 1.54. The maximum Gasteiger partial charge on any atom is 0.261 e. The Bertz CT molecular complexity index is 727. The van der Waals surface area contributed by atoms with Gasteiger partial charge in [-0.05, 0) is 49.1 Å². The third-order valence-corrected chi connectivity index (χ3v) is 4.96. The summed E-state index contributed by atoms with van der Waals surface area (Å²) >= 11 is 6.11. The lowest BCUT2D eigenvalue weighted by Gasteiger charge is -2.19. The molecule has 138 valence electrons. The molecular weight excluding hydrogens is 348 g/mol. The molecule has 2 aromatic carbocycles. The molecule has 0 bridgehead atoms. The summed E-state index contributed by atoms with van der Waals surface area (Å²) in [6.45, 7) is 4.68. The molecule has 1 heterocycles. The molecule has 5 heteroatoms. The van der Waals surface area contributed by atoms with Crippen molar-refractivity contribution in [2.24, 2.45) is 0 Å². The van der Waals surface area contributed by atoms with Gasteiger partial charge in [-0.15, -0.1) is 0 Å². The average molecular weight is 373 g/mol. The highest BCUT2D eigenvalue weighted by atomic mass is 35.5. The van der Waals surface area contributed by atoms with Crippen LogP contribution in [0, 0.1) is 0 Å². The summed E-state index contributed by atoms with van der Waals surface area (Å²) in [5.41, 5.74) is 2.33. The van der Waals surface area contributed by atoms with Gasteiger partial charge < -0.3 is 15.0 Å². The van der Waals surface area contributed by atoms with E-state index in [1.54, 1.807) is 12.1 Å². The first-order chi connectivity index (χ1) is 12.7. The van der Waals surface area contributed by atoms with Crippen LogP contribution in [0.2, 0.25) is 5.02 Å². The number of carbonyl (C=O) groups is 1. The fraction of sp³-hybridized carbons (Fsp3) is 0.381. The van der Waals surface area contributed by atoms with Crippen LogP contribution in [-0.2, 0) is 11.3 Å². The van der Waals surface area contributed by atoms with Crippen molar-refractivity contribution in [3.8, 4) is 5.75 Å². The van der Waals surface area contributed by atoms with Gasteiger partial charge in [0.05, 0.1) is 5.02 Å². The molecule has 1 amide bonds. The number of nitrogens with one attached hydrogen (secondary N) is 1. The summed E-state index contributed by atoms with van der Waals surface area (Å²) in [4.78, 5) is 14.8. The van der Waals surface area contributed by atoms with Gasteiger partial charge in [0.2, 0.25) is 0 Å². The normalized spacial score (nSPS) is 14.9. The fourth-order valence-electron chi connectivity index (χ4n) is 3.12.